The summed E-state index contributed by atoms with van der Waals surface area (Å²) in [6, 6.07) is 39.3. The predicted octanol–water partition coefficient (Wildman–Crippen LogP) is 7.13. The Labute approximate surface area is 577 Å². The zero-order valence-corrected chi connectivity index (χ0v) is 58.2. The van der Waals surface area contributed by atoms with Gasteiger partial charge in [-0.2, -0.15) is 0 Å². The second-order valence-corrected chi connectivity index (χ2v) is 22.3. The van der Waals surface area contributed by atoms with E-state index in [0.717, 1.165) is 43.9 Å². The molecule has 5 rings (SSSR count). The van der Waals surface area contributed by atoms with E-state index in [-0.39, 0.29) is 13.2 Å². The van der Waals surface area contributed by atoms with Gasteiger partial charge in [-0.05, 0) is 64.9 Å². The number of ether oxygens (including phenoxy) is 18. The van der Waals surface area contributed by atoms with Gasteiger partial charge in [0.05, 0.1) is 251 Å². The van der Waals surface area contributed by atoms with Crippen LogP contribution in [0.3, 0.4) is 0 Å². The van der Waals surface area contributed by atoms with Crippen molar-refractivity contribution in [2.75, 3.05) is 288 Å². The highest BCUT2D eigenvalue weighted by atomic mass is 16.6. The van der Waals surface area contributed by atoms with E-state index in [1.54, 1.807) is 0 Å². The van der Waals surface area contributed by atoms with Crippen molar-refractivity contribution in [1.29, 1.82) is 0 Å². The van der Waals surface area contributed by atoms with Gasteiger partial charge in [-0.1, -0.05) is 91.0 Å². The van der Waals surface area contributed by atoms with Crippen LogP contribution >= 0.6 is 0 Å². The van der Waals surface area contributed by atoms with E-state index < -0.39 is 0 Å². The van der Waals surface area contributed by atoms with Crippen LogP contribution in [0.1, 0.15) is 35.1 Å². The predicted molar refractivity (Wildman–Crippen MR) is 375 cm³/mol. The number of aliphatic hydroxyl groups excluding tert-OH is 2. The molecular weight excluding hydrogens is 1250 g/mol. The molecule has 0 aromatic heterocycles. The van der Waals surface area contributed by atoms with Crippen molar-refractivity contribution in [3.05, 3.63) is 143 Å². The highest BCUT2D eigenvalue weighted by Gasteiger charge is 2.22. The van der Waals surface area contributed by atoms with Crippen LogP contribution in [0.4, 0.5) is 11.4 Å². The maximum Gasteiger partial charge on any atom is 0.0701 e. The van der Waals surface area contributed by atoms with Crippen LogP contribution in [-0.2, 0) is 98.4 Å². The lowest BCUT2D eigenvalue weighted by Gasteiger charge is -2.29. The van der Waals surface area contributed by atoms with Crippen LogP contribution in [0, 0.1) is 0 Å². The SMILES string of the molecule is CN(C)C1=CCCC(c2ccc(N(CCOCCOCCOCCOCCOCCOCCOCCOCCOCCO)Cc3ccccc3)cc2)=C1c1ccc(N(CCOCCOCCOCCOCCOCCOCCOCCOCCOCCO)Cc2ccccc2)cc1. The van der Waals surface area contributed by atoms with Crippen molar-refractivity contribution >= 4 is 22.5 Å². The molecule has 97 heavy (non-hydrogen) atoms. The fraction of sp³-hybridized carbons (Fsp3) is 0.622. The average Bonchev–Trinajstić information content (AvgIpc) is 0.810. The summed E-state index contributed by atoms with van der Waals surface area (Å²) in [7, 11) is 4.27. The first-order valence-electron chi connectivity index (χ1n) is 34.6. The van der Waals surface area contributed by atoms with Gasteiger partial charge in [-0.25, -0.2) is 0 Å². The quantitative estimate of drug-likeness (QED) is 0.0420. The Balaban J connectivity index is 0.954. The summed E-state index contributed by atoms with van der Waals surface area (Å²) < 4.78 is 101. The van der Waals surface area contributed by atoms with Crippen LogP contribution < -0.4 is 9.80 Å². The molecule has 0 saturated heterocycles. The van der Waals surface area contributed by atoms with Crippen LogP contribution in [0.15, 0.2) is 121 Å². The van der Waals surface area contributed by atoms with Crippen molar-refractivity contribution < 1.29 is 95.5 Å². The lowest BCUT2D eigenvalue weighted by molar-refractivity contribution is -0.0254. The van der Waals surface area contributed by atoms with Gasteiger partial charge >= 0.3 is 0 Å². The largest absolute Gasteiger partial charge is 0.394 e. The summed E-state index contributed by atoms with van der Waals surface area (Å²) in [6.45, 7) is 20.3. The minimum absolute atomic E-state index is 0.0157. The summed E-state index contributed by atoms with van der Waals surface area (Å²) in [5, 5.41) is 17.4. The third kappa shape index (κ3) is 40.7. The molecule has 546 valence electrons. The third-order valence-corrected chi connectivity index (χ3v) is 14.7. The average molecular weight is 1370 g/mol. The molecule has 0 heterocycles. The van der Waals surface area contributed by atoms with E-state index in [9.17, 15) is 0 Å². The molecule has 1 aliphatic carbocycles. The van der Waals surface area contributed by atoms with Gasteiger partial charge < -0.3 is 110 Å². The van der Waals surface area contributed by atoms with E-state index in [2.05, 4.69) is 144 Å². The van der Waals surface area contributed by atoms with E-state index >= 15 is 0 Å². The van der Waals surface area contributed by atoms with E-state index in [1.807, 2.05) is 0 Å². The summed E-state index contributed by atoms with van der Waals surface area (Å²) >= 11 is 0. The molecule has 0 radical (unpaired) electrons. The van der Waals surface area contributed by atoms with Crippen molar-refractivity contribution in [3.8, 4) is 0 Å². The van der Waals surface area contributed by atoms with Crippen molar-refractivity contribution in [3.63, 3.8) is 0 Å². The van der Waals surface area contributed by atoms with Crippen LogP contribution in [-0.4, -0.2) is 293 Å². The number of anilines is 2. The van der Waals surface area contributed by atoms with Crippen LogP contribution in [0.25, 0.3) is 11.1 Å². The molecule has 0 unspecified atom stereocenters. The standard InChI is InChI=1S/C74H115N3O20/c1-75(2)73-15-9-14-72(68-16-20-70(21-17-68)76(64-66-10-5-3-6-11-66)24-28-80-32-36-84-40-44-88-48-52-92-56-60-96-62-58-94-54-50-90-46-42-86-38-34-82-30-26-78)74(73)69-18-22-71(23-19-69)77(65-67-12-7-4-8-13-67)25-29-81-33-37-85-41-45-89-49-53-93-57-61-97-63-59-95-55-51-91-47-43-87-39-35-83-31-27-79/h3-8,10-13,15-23,78-79H,9,14,24-65H2,1-2H3. The number of rotatable bonds is 67. The molecule has 0 amide bonds. The van der Waals surface area contributed by atoms with E-state index in [0.29, 0.717) is 244 Å². The summed E-state index contributed by atoms with van der Waals surface area (Å²) in [4.78, 5) is 7.01. The maximum atomic E-state index is 8.68. The Hall–Kier alpha value is -5.04. The lowest BCUT2D eigenvalue weighted by Crippen LogP contribution is -2.27. The topological polar surface area (TPSA) is 216 Å². The Kier molecular flexibility index (Phi) is 50.0. The lowest BCUT2D eigenvalue weighted by atomic mass is 9.85. The molecule has 0 fully saturated rings. The van der Waals surface area contributed by atoms with Gasteiger partial charge in [0.2, 0.25) is 0 Å². The molecule has 23 nitrogen and oxygen atoms in total. The van der Waals surface area contributed by atoms with Gasteiger partial charge in [0.1, 0.15) is 0 Å². The highest BCUT2D eigenvalue weighted by molar-refractivity contribution is 5.99. The molecule has 4 aromatic rings. The Morgan fingerprint density at radius 3 is 0.794 bits per heavy atom. The second kappa shape index (κ2) is 58.7. The Morgan fingerprint density at radius 1 is 0.289 bits per heavy atom. The van der Waals surface area contributed by atoms with Crippen molar-refractivity contribution in [2.45, 2.75) is 25.9 Å². The Bertz CT molecular complexity index is 2490. The smallest absolute Gasteiger partial charge is 0.0701 e. The number of nitrogens with zero attached hydrogens (tertiary/aromatic N) is 3. The van der Waals surface area contributed by atoms with Crippen LogP contribution in [0.2, 0.25) is 0 Å². The number of likely N-dealkylation sites (N-methyl/N-ethyl adjacent to an activating group) is 1. The molecule has 1 aliphatic rings. The van der Waals surface area contributed by atoms with Crippen molar-refractivity contribution in [1.82, 2.24) is 4.90 Å². The molecular formula is C74H115N3O20. The first-order valence-corrected chi connectivity index (χ1v) is 34.6. The number of hydrogen-bond acceptors (Lipinski definition) is 23. The number of benzene rings is 4. The summed E-state index contributed by atoms with van der Waals surface area (Å²) in [5.74, 6) is 0. The third-order valence-electron chi connectivity index (χ3n) is 14.7. The molecule has 0 spiro atoms. The normalized spacial score (nSPS) is 12.5. The minimum Gasteiger partial charge on any atom is -0.394 e. The van der Waals surface area contributed by atoms with Crippen molar-refractivity contribution in [2.24, 2.45) is 0 Å². The summed E-state index contributed by atoms with van der Waals surface area (Å²) in [6.07, 6.45) is 4.27. The molecule has 0 aliphatic heterocycles. The molecule has 0 atom stereocenters. The highest BCUT2D eigenvalue weighted by Crippen LogP contribution is 2.40. The van der Waals surface area contributed by atoms with Gasteiger partial charge in [-0.15, -0.1) is 0 Å². The first-order chi connectivity index (χ1) is 48.1. The molecule has 4 aromatic carbocycles. The second-order valence-electron chi connectivity index (χ2n) is 22.3. The number of hydrogen-bond donors (Lipinski definition) is 2. The maximum absolute atomic E-state index is 8.68. The van der Waals surface area contributed by atoms with Crippen LogP contribution in [0.5, 0.6) is 0 Å². The molecule has 0 bridgehead atoms. The minimum atomic E-state index is 0.0157. The number of aliphatic hydroxyl groups is 2. The van der Waals surface area contributed by atoms with Gasteiger partial charge in [0.15, 0.2) is 0 Å². The van der Waals surface area contributed by atoms with Gasteiger partial charge in [0, 0.05) is 62.9 Å². The zero-order valence-electron chi connectivity index (χ0n) is 58.2. The number of allylic oxidation sites excluding steroid dienone is 3. The van der Waals surface area contributed by atoms with E-state index in [4.69, 9.17) is 95.5 Å². The Morgan fingerprint density at radius 2 is 0.536 bits per heavy atom. The molecule has 2 N–H and O–H groups in total. The van der Waals surface area contributed by atoms with E-state index in [1.165, 1.54) is 39.1 Å². The fourth-order valence-corrected chi connectivity index (χ4v) is 9.87. The first kappa shape index (κ1) is 82.6. The summed E-state index contributed by atoms with van der Waals surface area (Å²) in [5.41, 5.74) is 11.0. The molecule has 0 saturated carbocycles. The zero-order chi connectivity index (χ0) is 68.2. The molecule has 23 heteroatoms. The fourth-order valence-electron chi connectivity index (χ4n) is 9.87. The van der Waals surface area contributed by atoms with Gasteiger partial charge in [0.25, 0.3) is 0 Å². The monoisotopic (exact) mass is 1370 g/mol. The van der Waals surface area contributed by atoms with Gasteiger partial charge in [-0.3, -0.25) is 0 Å².